The van der Waals surface area contributed by atoms with Crippen molar-refractivity contribution in [1.82, 2.24) is 10.2 Å². The molecule has 10 heteroatoms. The largest absolute Gasteiger partial charge is 0.493 e. The fourth-order valence-electron chi connectivity index (χ4n) is 4.24. The van der Waals surface area contributed by atoms with Crippen LogP contribution in [-0.2, 0) is 0 Å². The second-order valence-electron chi connectivity index (χ2n) is 8.08. The average Bonchev–Trinajstić information content (AvgIpc) is 3.49. The van der Waals surface area contributed by atoms with E-state index in [9.17, 15) is 14.0 Å². The number of unbranched alkanes of at least 4 members (excludes halogenated alkanes) is 2. The number of fused-ring (bicyclic) bond motifs is 2. The van der Waals surface area contributed by atoms with Crippen LogP contribution in [-0.4, -0.2) is 29.8 Å². The van der Waals surface area contributed by atoms with E-state index in [0.717, 1.165) is 36.7 Å². The fraction of sp³-hybridized carbons (Fsp3) is 0.280. The van der Waals surface area contributed by atoms with Crippen LogP contribution in [0.1, 0.15) is 53.9 Å². The van der Waals surface area contributed by atoms with Crippen LogP contribution in [0, 0.1) is 5.82 Å². The number of halogens is 1. The second-order valence-corrected chi connectivity index (χ2v) is 8.89. The number of carbonyl (C=O) groups excluding carboxylic acids is 1. The Morgan fingerprint density at radius 1 is 1.14 bits per heavy atom. The van der Waals surface area contributed by atoms with E-state index in [2.05, 4.69) is 17.1 Å². The second kappa shape index (κ2) is 9.46. The van der Waals surface area contributed by atoms with Crippen LogP contribution in [0.5, 0.6) is 11.5 Å². The lowest BCUT2D eigenvalue weighted by Gasteiger charge is -2.23. The van der Waals surface area contributed by atoms with Crippen molar-refractivity contribution in [2.45, 2.75) is 32.2 Å². The highest BCUT2D eigenvalue weighted by Gasteiger charge is 2.45. The minimum Gasteiger partial charge on any atom is -0.493 e. The van der Waals surface area contributed by atoms with Crippen LogP contribution in [0.15, 0.2) is 51.1 Å². The summed E-state index contributed by atoms with van der Waals surface area (Å²) >= 11 is 1.16. The molecule has 0 radical (unpaired) electrons. The molecule has 5 rings (SSSR count). The first-order valence-electron chi connectivity index (χ1n) is 11.2. The standard InChI is InChI=1S/C25H22FN3O5S/c1-3-4-5-10-33-18-8-6-14(11-19(18)32-2)21-20-22(30)16-12-15(26)7-9-17(16)34-23(20)24(31)29(21)25-28-27-13-35-25/h6-9,11-13,21H,3-5,10H2,1-2H3. The Bertz CT molecular complexity index is 1450. The molecular formula is C25H22FN3O5S. The molecule has 0 aliphatic carbocycles. The molecule has 2 aromatic carbocycles. The Morgan fingerprint density at radius 3 is 2.74 bits per heavy atom. The molecule has 0 fully saturated rings. The molecule has 2 aromatic heterocycles. The molecule has 1 unspecified atom stereocenters. The number of aromatic nitrogens is 2. The zero-order chi connectivity index (χ0) is 24.5. The van der Waals surface area contributed by atoms with E-state index >= 15 is 0 Å². The van der Waals surface area contributed by atoms with Crippen molar-refractivity contribution in [3.05, 3.63) is 74.8 Å². The minimum absolute atomic E-state index is 0.0588. The summed E-state index contributed by atoms with van der Waals surface area (Å²) in [6, 6.07) is 8.03. The molecule has 0 N–H and O–H groups in total. The number of carbonyl (C=O) groups is 1. The monoisotopic (exact) mass is 495 g/mol. The maximum absolute atomic E-state index is 14.0. The van der Waals surface area contributed by atoms with E-state index in [1.165, 1.54) is 29.7 Å². The van der Waals surface area contributed by atoms with Crippen molar-refractivity contribution < 1.29 is 23.1 Å². The van der Waals surface area contributed by atoms with E-state index in [1.54, 1.807) is 18.2 Å². The molecule has 1 amide bonds. The van der Waals surface area contributed by atoms with E-state index < -0.39 is 23.2 Å². The number of benzene rings is 2. The molecule has 1 aliphatic heterocycles. The van der Waals surface area contributed by atoms with Crippen molar-refractivity contribution in [3.8, 4) is 11.5 Å². The van der Waals surface area contributed by atoms with Gasteiger partial charge in [0.05, 0.1) is 30.7 Å². The van der Waals surface area contributed by atoms with Gasteiger partial charge in [-0.3, -0.25) is 14.5 Å². The maximum atomic E-state index is 14.0. The molecule has 4 aromatic rings. The Labute approximate surface area is 203 Å². The van der Waals surface area contributed by atoms with Crippen molar-refractivity contribution >= 4 is 33.3 Å². The molecule has 0 spiro atoms. The summed E-state index contributed by atoms with van der Waals surface area (Å²) in [5, 5.41) is 8.27. The number of anilines is 1. The minimum atomic E-state index is -0.864. The van der Waals surface area contributed by atoms with Gasteiger partial charge >= 0.3 is 0 Å². The van der Waals surface area contributed by atoms with Crippen molar-refractivity contribution in [2.24, 2.45) is 0 Å². The third kappa shape index (κ3) is 4.03. The van der Waals surface area contributed by atoms with Gasteiger partial charge in [0, 0.05) is 0 Å². The normalized spacial score (nSPS) is 15.0. The van der Waals surface area contributed by atoms with Crippen LogP contribution >= 0.6 is 11.3 Å². The Balaban J connectivity index is 1.65. The molecule has 0 saturated heterocycles. The van der Waals surface area contributed by atoms with Crippen LogP contribution < -0.4 is 19.8 Å². The van der Waals surface area contributed by atoms with Crippen molar-refractivity contribution in [2.75, 3.05) is 18.6 Å². The summed E-state index contributed by atoms with van der Waals surface area (Å²) in [7, 11) is 1.53. The molecule has 8 nitrogen and oxygen atoms in total. The number of nitrogens with zero attached hydrogens (tertiary/aromatic N) is 3. The van der Waals surface area contributed by atoms with E-state index in [4.69, 9.17) is 13.9 Å². The Morgan fingerprint density at radius 2 is 2.00 bits per heavy atom. The van der Waals surface area contributed by atoms with Crippen molar-refractivity contribution in [1.29, 1.82) is 0 Å². The first-order valence-corrected chi connectivity index (χ1v) is 12.1. The van der Waals surface area contributed by atoms with E-state index in [1.807, 2.05) is 0 Å². The average molecular weight is 496 g/mol. The molecule has 1 atom stereocenters. The highest BCUT2D eigenvalue weighted by Crippen LogP contribution is 2.43. The first-order chi connectivity index (χ1) is 17.0. The number of ether oxygens (including phenoxy) is 2. The summed E-state index contributed by atoms with van der Waals surface area (Å²) < 4.78 is 31.2. The number of rotatable bonds is 8. The van der Waals surface area contributed by atoms with Gasteiger partial charge in [0.25, 0.3) is 5.91 Å². The first kappa shape index (κ1) is 23.0. The Hall–Kier alpha value is -3.79. The van der Waals surface area contributed by atoms with Gasteiger partial charge in [-0.15, -0.1) is 10.2 Å². The highest BCUT2D eigenvalue weighted by atomic mass is 32.1. The van der Waals surface area contributed by atoms with E-state index in [0.29, 0.717) is 28.8 Å². The zero-order valence-corrected chi connectivity index (χ0v) is 19.9. The van der Waals surface area contributed by atoms with Gasteiger partial charge < -0.3 is 13.9 Å². The van der Waals surface area contributed by atoms with Gasteiger partial charge in [0.15, 0.2) is 16.9 Å². The summed E-state index contributed by atoms with van der Waals surface area (Å²) in [6.07, 6.45) is 3.06. The summed E-state index contributed by atoms with van der Waals surface area (Å²) in [4.78, 5) is 28.4. The zero-order valence-electron chi connectivity index (χ0n) is 19.1. The van der Waals surface area contributed by atoms with Crippen LogP contribution in [0.3, 0.4) is 0 Å². The number of hydrogen-bond donors (Lipinski definition) is 0. The third-order valence-electron chi connectivity index (χ3n) is 5.90. The van der Waals surface area contributed by atoms with Gasteiger partial charge in [0.1, 0.15) is 16.9 Å². The molecule has 1 aliphatic rings. The number of amides is 1. The summed E-state index contributed by atoms with van der Waals surface area (Å²) in [5.41, 5.74) is 1.85. The predicted octanol–water partition coefficient (Wildman–Crippen LogP) is 5.11. The van der Waals surface area contributed by atoms with Gasteiger partial charge in [-0.05, 0) is 42.3 Å². The molecule has 35 heavy (non-hydrogen) atoms. The molecule has 0 saturated carbocycles. The lowest BCUT2D eigenvalue weighted by atomic mass is 9.98. The van der Waals surface area contributed by atoms with Crippen LogP contribution in [0.25, 0.3) is 11.0 Å². The smallest absolute Gasteiger partial charge is 0.297 e. The van der Waals surface area contributed by atoms with Crippen molar-refractivity contribution in [3.63, 3.8) is 0 Å². The number of methoxy groups -OCH3 is 1. The number of hydrogen-bond acceptors (Lipinski definition) is 8. The van der Waals surface area contributed by atoms with Gasteiger partial charge in [-0.25, -0.2) is 4.39 Å². The summed E-state index contributed by atoms with van der Waals surface area (Å²) in [6.45, 7) is 2.67. The molecule has 180 valence electrons. The highest BCUT2D eigenvalue weighted by molar-refractivity contribution is 7.13. The summed E-state index contributed by atoms with van der Waals surface area (Å²) in [5.74, 6) is -0.171. The van der Waals surface area contributed by atoms with Crippen LogP contribution in [0.2, 0.25) is 0 Å². The van der Waals surface area contributed by atoms with Gasteiger partial charge in [0.2, 0.25) is 10.9 Å². The SMILES string of the molecule is CCCCCOc1ccc(C2c3c(oc4ccc(F)cc4c3=O)C(=O)N2c2nncs2)cc1OC. The third-order valence-corrected chi connectivity index (χ3v) is 6.58. The molecular weight excluding hydrogens is 473 g/mol. The maximum Gasteiger partial charge on any atom is 0.297 e. The predicted molar refractivity (Wildman–Crippen MR) is 129 cm³/mol. The Kier molecular flexibility index (Phi) is 6.21. The molecule has 3 heterocycles. The van der Waals surface area contributed by atoms with Gasteiger partial charge in [-0.2, -0.15) is 0 Å². The quantitative estimate of drug-likeness (QED) is 0.314. The lowest BCUT2D eigenvalue weighted by molar-refractivity contribution is 0.0970. The van der Waals surface area contributed by atoms with Crippen LogP contribution in [0.4, 0.5) is 9.52 Å². The lowest BCUT2D eigenvalue weighted by Crippen LogP contribution is -2.29. The van der Waals surface area contributed by atoms with Gasteiger partial charge in [-0.1, -0.05) is 37.2 Å². The molecule has 0 bridgehead atoms. The topological polar surface area (TPSA) is 94.8 Å². The fourth-order valence-corrected chi connectivity index (χ4v) is 4.82. The van der Waals surface area contributed by atoms with E-state index in [-0.39, 0.29) is 22.3 Å².